The number of ether oxygens (including phenoxy) is 1. The third kappa shape index (κ3) is 2.87. The normalized spacial score (nSPS) is 17.1. The van der Waals surface area contributed by atoms with Crippen LogP contribution in [0.2, 0.25) is 0 Å². The molecule has 2 aromatic heterocycles. The van der Waals surface area contributed by atoms with E-state index in [1.165, 1.54) is 21.6 Å². The van der Waals surface area contributed by atoms with E-state index in [-0.39, 0.29) is 5.82 Å². The molecule has 0 unspecified atom stereocenters. The van der Waals surface area contributed by atoms with Crippen LogP contribution in [0.5, 0.6) is 0 Å². The first-order valence-corrected chi connectivity index (χ1v) is 11.2. The van der Waals surface area contributed by atoms with Gasteiger partial charge >= 0.3 is 0 Å². The summed E-state index contributed by atoms with van der Waals surface area (Å²) in [6.45, 7) is 5.08. The molecule has 0 radical (unpaired) electrons. The molecule has 0 N–H and O–H groups in total. The van der Waals surface area contributed by atoms with Crippen molar-refractivity contribution in [3.8, 4) is 0 Å². The van der Waals surface area contributed by atoms with Crippen molar-refractivity contribution < 1.29 is 9.13 Å². The molecule has 0 saturated carbocycles. The van der Waals surface area contributed by atoms with Gasteiger partial charge in [-0.3, -0.25) is 0 Å². The van der Waals surface area contributed by atoms with Crippen LogP contribution in [-0.4, -0.2) is 42.4 Å². The lowest BCUT2D eigenvalue weighted by molar-refractivity contribution is 0.122. The van der Waals surface area contributed by atoms with Gasteiger partial charge in [-0.25, -0.2) is 9.37 Å². The van der Waals surface area contributed by atoms with Gasteiger partial charge in [0.2, 0.25) is 0 Å². The van der Waals surface area contributed by atoms with E-state index in [0.717, 1.165) is 67.4 Å². The Balaban J connectivity index is 1.34. The molecular formula is C23H23FN4OS. The first-order chi connectivity index (χ1) is 14.7. The van der Waals surface area contributed by atoms with Gasteiger partial charge in [-0.2, -0.15) is 0 Å². The van der Waals surface area contributed by atoms with Crippen LogP contribution in [0, 0.1) is 5.82 Å². The van der Waals surface area contributed by atoms with E-state index in [1.807, 2.05) is 6.07 Å². The maximum Gasteiger partial charge on any atom is 0.186 e. The van der Waals surface area contributed by atoms with Crippen molar-refractivity contribution in [3.63, 3.8) is 0 Å². The maximum absolute atomic E-state index is 13.9. The van der Waals surface area contributed by atoms with Gasteiger partial charge in [0.1, 0.15) is 5.82 Å². The topological polar surface area (TPSA) is 33.5 Å². The molecule has 0 aliphatic carbocycles. The second-order valence-corrected chi connectivity index (χ2v) is 9.07. The number of morpholine rings is 1. The number of hydrogen-bond acceptors (Lipinski definition) is 5. The van der Waals surface area contributed by atoms with Gasteiger partial charge in [0.25, 0.3) is 0 Å². The number of rotatable bonds is 2. The van der Waals surface area contributed by atoms with Crippen LogP contribution in [0.3, 0.4) is 0 Å². The Bertz CT molecular complexity index is 1260. The van der Waals surface area contributed by atoms with E-state index >= 15 is 0 Å². The SMILES string of the molecule is Cn1c2c(c3cc(F)ccc31)CN(c1ccc3sc(N4CCOCC4)nc3c1)CC2. The Morgan fingerprint density at radius 1 is 1.03 bits per heavy atom. The van der Waals surface area contributed by atoms with Crippen LogP contribution < -0.4 is 9.80 Å². The van der Waals surface area contributed by atoms with Crippen LogP contribution in [-0.2, 0) is 24.8 Å². The van der Waals surface area contributed by atoms with Gasteiger partial charge in [0, 0.05) is 67.5 Å². The highest BCUT2D eigenvalue weighted by Crippen LogP contribution is 2.35. The second-order valence-electron chi connectivity index (χ2n) is 8.07. The first kappa shape index (κ1) is 18.2. The Morgan fingerprint density at radius 3 is 2.77 bits per heavy atom. The Hall–Kier alpha value is -2.64. The summed E-state index contributed by atoms with van der Waals surface area (Å²) < 4.78 is 22.8. The lowest BCUT2D eigenvalue weighted by Gasteiger charge is -2.30. The zero-order chi connectivity index (χ0) is 20.2. The van der Waals surface area contributed by atoms with Gasteiger partial charge in [0.05, 0.1) is 23.4 Å². The summed E-state index contributed by atoms with van der Waals surface area (Å²) in [5.41, 5.74) is 5.89. The number of thiazole rings is 1. The van der Waals surface area contributed by atoms with Crippen LogP contribution in [0.25, 0.3) is 21.1 Å². The molecule has 1 saturated heterocycles. The third-order valence-electron chi connectivity index (χ3n) is 6.37. The fourth-order valence-corrected chi connectivity index (χ4v) is 5.76. The molecule has 0 atom stereocenters. The number of aryl methyl sites for hydroxylation is 1. The number of anilines is 2. The summed E-state index contributed by atoms with van der Waals surface area (Å²) in [5.74, 6) is -0.174. The average Bonchev–Trinajstić information content (AvgIpc) is 3.33. The largest absolute Gasteiger partial charge is 0.378 e. The summed E-state index contributed by atoms with van der Waals surface area (Å²) in [4.78, 5) is 9.61. The average molecular weight is 423 g/mol. The minimum Gasteiger partial charge on any atom is -0.378 e. The zero-order valence-electron chi connectivity index (χ0n) is 16.9. The van der Waals surface area contributed by atoms with Crippen LogP contribution >= 0.6 is 11.3 Å². The van der Waals surface area contributed by atoms with Crippen LogP contribution in [0.1, 0.15) is 11.3 Å². The van der Waals surface area contributed by atoms with Crippen molar-refractivity contribution in [3.05, 3.63) is 53.5 Å². The molecule has 7 heteroatoms. The third-order valence-corrected chi connectivity index (χ3v) is 7.47. The number of nitrogens with zero attached hydrogens (tertiary/aromatic N) is 4. The molecule has 4 heterocycles. The quantitative estimate of drug-likeness (QED) is 0.482. The monoisotopic (exact) mass is 422 g/mol. The van der Waals surface area contributed by atoms with Crippen molar-refractivity contribution in [2.24, 2.45) is 7.05 Å². The molecule has 4 aromatic rings. The van der Waals surface area contributed by atoms with E-state index in [0.29, 0.717) is 0 Å². The van der Waals surface area contributed by atoms with Crippen LogP contribution in [0.4, 0.5) is 15.2 Å². The molecule has 30 heavy (non-hydrogen) atoms. The molecule has 2 aliphatic heterocycles. The van der Waals surface area contributed by atoms with Gasteiger partial charge in [-0.05, 0) is 36.4 Å². The number of halogens is 1. The Kier molecular flexibility index (Phi) is 4.21. The van der Waals surface area contributed by atoms with Crippen LogP contribution in [0.15, 0.2) is 36.4 Å². The number of aromatic nitrogens is 2. The Labute approximate surface area is 178 Å². The molecule has 5 nitrogen and oxygen atoms in total. The van der Waals surface area contributed by atoms with Gasteiger partial charge in [-0.15, -0.1) is 0 Å². The van der Waals surface area contributed by atoms with Crippen molar-refractivity contribution in [2.45, 2.75) is 13.0 Å². The molecule has 1 fully saturated rings. The smallest absolute Gasteiger partial charge is 0.186 e. The number of fused-ring (bicyclic) bond motifs is 4. The molecular weight excluding hydrogens is 399 g/mol. The summed E-state index contributed by atoms with van der Waals surface area (Å²) in [6.07, 6.45) is 0.955. The predicted octanol–water partition coefficient (Wildman–Crippen LogP) is 4.33. The molecule has 6 rings (SSSR count). The van der Waals surface area contributed by atoms with Crippen molar-refractivity contribution in [1.29, 1.82) is 0 Å². The van der Waals surface area contributed by atoms with Crippen molar-refractivity contribution in [1.82, 2.24) is 9.55 Å². The lowest BCUT2D eigenvalue weighted by Crippen LogP contribution is -2.36. The van der Waals surface area contributed by atoms with Crippen molar-refractivity contribution >= 4 is 43.3 Å². The fraction of sp³-hybridized carbons (Fsp3) is 0.348. The maximum atomic E-state index is 13.9. The number of benzene rings is 2. The first-order valence-electron chi connectivity index (χ1n) is 10.4. The molecule has 2 aromatic carbocycles. The fourth-order valence-electron chi connectivity index (χ4n) is 4.76. The Morgan fingerprint density at radius 2 is 1.90 bits per heavy atom. The second kappa shape index (κ2) is 6.96. The lowest BCUT2D eigenvalue weighted by atomic mass is 10.0. The van der Waals surface area contributed by atoms with E-state index < -0.39 is 0 Å². The summed E-state index contributed by atoms with van der Waals surface area (Å²) in [7, 11) is 2.09. The van der Waals surface area contributed by atoms with E-state index in [1.54, 1.807) is 23.5 Å². The van der Waals surface area contributed by atoms with Gasteiger partial charge in [0.15, 0.2) is 5.13 Å². The number of hydrogen-bond donors (Lipinski definition) is 0. The van der Waals surface area contributed by atoms with Gasteiger partial charge in [-0.1, -0.05) is 11.3 Å². The summed E-state index contributed by atoms with van der Waals surface area (Å²) >= 11 is 1.75. The highest BCUT2D eigenvalue weighted by Gasteiger charge is 2.24. The minimum absolute atomic E-state index is 0.174. The minimum atomic E-state index is -0.174. The molecule has 0 amide bonds. The summed E-state index contributed by atoms with van der Waals surface area (Å²) in [5, 5.41) is 2.11. The molecule has 0 spiro atoms. The predicted molar refractivity (Wildman–Crippen MR) is 120 cm³/mol. The molecule has 154 valence electrons. The highest BCUT2D eigenvalue weighted by atomic mass is 32.1. The van der Waals surface area contributed by atoms with E-state index in [4.69, 9.17) is 9.72 Å². The van der Waals surface area contributed by atoms with E-state index in [2.05, 4.69) is 39.6 Å². The van der Waals surface area contributed by atoms with E-state index in [9.17, 15) is 4.39 Å². The molecule has 0 bridgehead atoms. The standard InChI is InChI=1S/C23H23FN4OS/c1-26-20-4-2-15(24)12-17(20)18-14-28(7-6-21(18)26)16-3-5-22-19(13-16)25-23(30-22)27-8-10-29-11-9-27/h2-5,12-13H,6-11,14H2,1H3. The highest BCUT2D eigenvalue weighted by molar-refractivity contribution is 7.22. The molecule has 2 aliphatic rings. The zero-order valence-corrected chi connectivity index (χ0v) is 17.7. The van der Waals surface area contributed by atoms with Crippen molar-refractivity contribution in [2.75, 3.05) is 42.6 Å². The summed E-state index contributed by atoms with van der Waals surface area (Å²) in [6, 6.07) is 11.7. The van der Waals surface area contributed by atoms with Gasteiger partial charge < -0.3 is 19.1 Å².